The third-order valence-corrected chi connectivity index (χ3v) is 7.22. The summed E-state index contributed by atoms with van der Waals surface area (Å²) in [5.41, 5.74) is 1.52. The van der Waals surface area contributed by atoms with Crippen LogP contribution in [0.3, 0.4) is 0 Å². The van der Waals surface area contributed by atoms with Crippen molar-refractivity contribution < 1.29 is 29.0 Å². The zero-order valence-corrected chi connectivity index (χ0v) is 25.1. The summed E-state index contributed by atoms with van der Waals surface area (Å²) in [5, 5.41) is 12.4. The van der Waals surface area contributed by atoms with Crippen LogP contribution in [0, 0.1) is 11.8 Å². The number of nitrogens with one attached hydrogen (secondary N) is 1. The Morgan fingerprint density at radius 3 is 2.27 bits per heavy atom. The lowest BCUT2D eigenvalue weighted by molar-refractivity contribution is -0.148. The number of hydrogen-bond acceptors (Lipinski definition) is 6. The molecular formula is C32H45N3O6. The first-order valence-corrected chi connectivity index (χ1v) is 14.4. The van der Waals surface area contributed by atoms with Crippen LogP contribution < -0.4 is 5.32 Å². The van der Waals surface area contributed by atoms with Crippen molar-refractivity contribution in [3.05, 3.63) is 65.5 Å². The number of ether oxygens (including phenoxy) is 1. The largest absolute Gasteiger partial charge is 0.481 e. The van der Waals surface area contributed by atoms with Gasteiger partial charge in [0.05, 0.1) is 11.6 Å². The van der Waals surface area contributed by atoms with Crippen molar-refractivity contribution in [2.45, 2.75) is 91.3 Å². The summed E-state index contributed by atoms with van der Waals surface area (Å²) in [6.07, 6.45) is 2.46. The van der Waals surface area contributed by atoms with Crippen molar-refractivity contribution in [1.29, 1.82) is 0 Å². The molecule has 1 heterocycles. The Hall–Kier alpha value is -3.75. The zero-order chi connectivity index (χ0) is 30.5. The Balaban J connectivity index is 2.30. The molecule has 2 aromatic rings. The van der Waals surface area contributed by atoms with Crippen molar-refractivity contribution in [2.75, 3.05) is 7.05 Å². The highest BCUT2D eigenvalue weighted by molar-refractivity contribution is 5.92. The molecule has 9 heteroatoms. The van der Waals surface area contributed by atoms with Gasteiger partial charge < -0.3 is 20.1 Å². The molecule has 224 valence electrons. The van der Waals surface area contributed by atoms with E-state index < -0.39 is 35.9 Å². The number of amides is 2. The maximum Gasteiger partial charge on any atom is 0.306 e. The van der Waals surface area contributed by atoms with Gasteiger partial charge in [0.25, 0.3) is 5.91 Å². The van der Waals surface area contributed by atoms with Crippen molar-refractivity contribution in [1.82, 2.24) is 15.2 Å². The number of benzene rings is 1. The van der Waals surface area contributed by atoms with E-state index in [1.165, 1.54) is 6.92 Å². The summed E-state index contributed by atoms with van der Waals surface area (Å²) in [6, 6.07) is 13.9. The molecule has 0 aliphatic heterocycles. The van der Waals surface area contributed by atoms with Gasteiger partial charge in [-0.25, -0.2) is 4.98 Å². The van der Waals surface area contributed by atoms with Gasteiger partial charge in [-0.1, -0.05) is 70.5 Å². The first-order chi connectivity index (χ1) is 19.4. The van der Waals surface area contributed by atoms with Crippen molar-refractivity contribution in [3.8, 4) is 0 Å². The van der Waals surface area contributed by atoms with E-state index >= 15 is 0 Å². The Morgan fingerprint density at radius 1 is 1.00 bits per heavy atom. The quantitative estimate of drug-likeness (QED) is 0.267. The molecule has 0 radical (unpaired) electrons. The molecule has 4 unspecified atom stereocenters. The fourth-order valence-electron chi connectivity index (χ4n) is 4.85. The molecule has 9 nitrogen and oxygen atoms in total. The lowest BCUT2D eigenvalue weighted by atomic mass is 9.94. The number of nitrogens with zero attached hydrogens (tertiary/aromatic N) is 2. The minimum atomic E-state index is -0.931. The molecule has 0 aliphatic rings. The molecule has 4 atom stereocenters. The van der Waals surface area contributed by atoms with Crippen molar-refractivity contribution in [2.24, 2.45) is 11.8 Å². The molecule has 0 fully saturated rings. The molecule has 1 aromatic carbocycles. The molecule has 2 rings (SSSR count). The molecule has 41 heavy (non-hydrogen) atoms. The van der Waals surface area contributed by atoms with Crippen LogP contribution in [0.15, 0.2) is 48.5 Å². The summed E-state index contributed by atoms with van der Waals surface area (Å²) >= 11 is 0. The van der Waals surface area contributed by atoms with Gasteiger partial charge in [0.1, 0.15) is 11.8 Å². The number of unbranched alkanes of at least 4 members (excludes halogenated alkanes) is 1. The van der Waals surface area contributed by atoms with Gasteiger partial charge >= 0.3 is 11.9 Å². The Morgan fingerprint density at radius 2 is 1.68 bits per heavy atom. The standard InChI is InChI=1S/C32H45N3O6/c1-7-8-17-30(37)35(6)28(21(2)3)20-29(41-23(5)36)26-15-12-16-27(34-26)31(38)33-25(18-22(4)32(39)40)19-24-13-10-9-11-14-24/h9-16,21-22,25,28-29H,7-8,17-20H2,1-6H3,(H,33,38)(H,39,40). The van der Waals surface area contributed by atoms with E-state index in [0.717, 1.165) is 18.4 Å². The number of aromatic nitrogens is 1. The summed E-state index contributed by atoms with van der Waals surface area (Å²) < 4.78 is 5.67. The third-order valence-electron chi connectivity index (χ3n) is 7.22. The molecule has 0 aliphatic carbocycles. The predicted octanol–water partition coefficient (Wildman–Crippen LogP) is 5.20. The summed E-state index contributed by atoms with van der Waals surface area (Å²) in [7, 11) is 1.77. The number of esters is 1. The molecule has 0 bridgehead atoms. The van der Waals surface area contributed by atoms with Crippen LogP contribution in [0.5, 0.6) is 0 Å². The first-order valence-electron chi connectivity index (χ1n) is 14.4. The highest BCUT2D eigenvalue weighted by Gasteiger charge is 2.30. The van der Waals surface area contributed by atoms with E-state index in [1.807, 2.05) is 51.1 Å². The molecule has 2 amide bonds. The summed E-state index contributed by atoms with van der Waals surface area (Å²) in [6.45, 7) is 9.00. The molecule has 2 N–H and O–H groups in total. The molecule has 0 saturated heterocycles. The molecule has 1 aromatic heterocycles. The number of carboxylic acid groups (broad SMARTS) is 1. The lowest BCUT2D eigenvalue weighted by Gasteiger charge is -2.34. The maximum atomic E-state index is 13.3. The first kappa shape index (κ1) is 33.5. The van der Waals surface area contributed by atoms with Gasteiger partial charge in [0.15, 0.2) is 0 Å². The van der Waals surface area contributed by atoms with Gasteiger partial charge in [0, 0.05) is 38.9 Å². The number of aliphatic carboxylic acids is 1. The van der Waals surface area contributed by atoms with Gasteiger partial charge in [-0.05, 0) is 42.9 Å². The Bertz CT molecular complexity index is 1150. The van der Waals surface area contributed by atoms with Crippen molar-refractivity contribution in [3.63, 3.8) is 0 Å². The van der Waals surface area contributed by atoms with E-state index in [-0.39, 0.29) is 30.0 Å². The van der Waals surface area contributed by atoms with Gasteiger partial charge in [-0.15, -0.1) is 0 Å². The second-order valence-corrected chi connectivity index (χ2v) is 11.0. The maximum absolute atomic E-state index is 13.3. The second-order valence-electron chi connectivity index (χ2n) is 11.0. The number of carbonyl (C=O) groups is 4. The number of pyridine rings is 1. The minimum absolute atomic E-state index is 0.0354. The minimum Gasteiger partial charge on any atom is -0.481 e. The normalized spacial score (nSPS) is 14.0. The van der Waals surface area contributed by atoms with E-state index in [1.54, 1.807) is 37.1 Å². The number of carbonyl (C=O) groups excluding carboxylic acids is 3. The molecular weight excluding hydrogens is 522 g/mol. The van der Waals surface area contributed by atoms with Crippen LogP contribution in [0.25, 0.3) is 0 Å². The average Bonchev–Trinajstić information content (AvgIpc) is 2.93. The highest BCUT2D eigenvalue weighted by Crippen LogP contribution is 2.28. The van der Waals surface area contributed by atoms with Crippen LogP contribution in [0.4, 0.5) is 0 Å². The Labute approximate surface area is 243 Å². The lowest BCUT2D eigenvalue weighted by Crippen LogP contribution is -2.42. The monoisotopic (exact) mass is 567 g/mol. The highest BCUT2D eigenvalue weighted by atomic mass is 16.5. The van der Waals surface area contributed by atoms with E-state index in [0.29, 0.717) is 25.0 Å². The smallest absolute Gasteiger partial charge is 0.306 e. The van der Waals surface area contributed by atoms with Crippen LogP contribution >= 0.6 is 0 Å². The predicted molar refractivity (Wildman–Crippen MR) is 157 cm³/mol. The fraction of sp³-hybridized carbons (Fsp3) is 0.531. The van der Waals surface area contributed by atoms with E-state index in [4.69, 9.17) is 4.74 Å². The SMILES string of the molecule is CCCCC(=O)N(C)C(CC(OC(C)=O)c1cccc(C(=O)NC(Cc2ccccc2)CC(C)C(=O)O)n1)C(C)C. The zero-order valence-electron chi connectivity index (χ0n) is 25.1. The number of carboxylic acids is 1. The van der Waals surface area contributed by atoms with E-state index in [9.17, 15) is 24.3 Å². The van der Waals surface area contributed by atoms with Crippen LogP contribution in [-0.4, -0.2) is 57.9 Å². The number of hydrogen-bond donors (Lipinski definition) is 2. The Kier molecular flexibility index (Phi) is 13.5. The van der Waals surface area contributed by atoms with Gasteiger partial charge in [0.2, 0.25) is 5.91 Å². The molecule has 0 saturated carbocycles. The van der Waals surface area contributed by atoms with Gasteiger partial charge in [-0.3, -0.25) is 19.2 Å². The van der Waals surface area contributed by atoms with Crippen LogP contribution in [-0.2, 0) is 25.5 Å². The topological polar surface area (TPSA) is 126 Å². The second kappa shape index (κ2) is 16.5. The van der Waals surface area contributed by atoms with Crippen molar-refractivity contribution >= 4 is 23.8 Å². The third kappa shape index (κ3) is 11.0. The summed E-state index contributed by atoms with van der Waals surface area (Å²) in [4.78, 5) is 56.0. The van der Waals surface area contributed by atoms with Crippen LogP contribution in [0.2, 0.25) is 0 Å². The summed E-state index contributed by atoms with van der Waals surface area (Å²) in [5.74, 6) is -2.39. The van der Waals surface area contributed by atoms with E-state index in [2.05, 4.69) is 10.3 Å². The average molecular weight is 568 g/mol. The van der Waals surface area contributed by atoms with Gasteiger partial charge in [-0.2, -0.15) is 0 Å². The molecule has 0 spiro atoms. The fourth-order valence-corrected chi connectivity index (χ4v) is 4.85. The number of rotatable bonds is 16. The van der Waals surface area contributed by atoms with Crippen LogP contribution in [0.1, 0.15) is 94.6 Å².